The van der Waals surface area contributed by atoms with E-state index in [9.17, 15) is 12.8 Å². The fourth-order valence-electron chi connectivity index (χ4n) is 5.10. The lowest BCUT2D eigenvalue weighted by molar-refractivity contribution is 0.327. The van der Waals surface area contributed by atoms with Gasteiger partial charge in [-0.2, -0.15) is 0 Å². The highest BCUT2D eigenvalue weighted by Gasteiger charge is 2.25. The molecule has 3 aromatic heterocycles. The van der Waals surface area contributed by atoms with Gasteiger partial charge in [-0.05, 0) is 68.8 Å². The predicted molar refractivity (Wildman–Crippen MR) is 148 cm³/mol. The maximum Gasteiger partial charge on any atom is 0.269 e. The van der Waals surface area contributed by atoms with E-state index in [-0.39, 0.29) is 16.6 Å². The number of nitrogens with one attached hydrogen (secondary N) is 1. The quantitative estimate of drug-likeness (QED) is 0.316. The van der Waals surface area contributed by atoms with Gasteiger partial charge in [-0.25, -0.2) is 21.8 Å². The van der Waals surface area contributed by atoms with Crippen molar-refractivity contribution in [2.24, 2.45) is 0 Å². The van der Waals surface area contributed by atoms with Crippen molar-refractivity contribution >= 4 is 21.1 Å². The normalized spacial score (nSPS) is 14.6. The van der Waals surface area contributed by atoms with Crippen molar-refractivity contribution in [1.82, 2.24) is 24.1 Å². The molecule has 0 atom stereocenters. The molecule has 39 heavy (non-hydrogen) atoms. The van der Waals surface area contributed by atoms with Crippen LogP contribution in [0.15, 0.2) is 78.1 Å². The van der Waals surface area contributed by atoms with E-state index in [1.54, 1.807) is 49.7 Å². The van der Waals surface area contributed by atoms with E-state index in [4.69, 9.17) is 4.74 Å². The summed E-state index contributed by atoms with van der Waals surface area (Å²) in [6, 6.07) is 14.9. The summed E-state index contributed by atoms with van der Waals surface area (Å²) in [5, 5.41) is 8.62. The van der Waals surface area contributed by atoms with Crippen LogP contribution in [0, 0.1) is 12.7 Å². The summed E-state index contributed by atoms with van der Waals surface area (Å²) in [6.45, 7) is 3.75. The van der Waals surface area contributed by atoms with Gasteiger partial charge in [0.2, 0.25) is 5.88 Å². The van der Waals surface area contributed by atoms with Gasteiger partial charge in [-0.15, -0.1) is 5.10 Å². The monoisotopic (exact) mass is 545 g/mol. The van der Waals surface area contributed by atoms with Gasteiger partial charge in [0.05, 0.1) is 23.6 Å². The second-order valence-electron chi connectivity index (χ2n) is 9.78. The third-order valence-corrected chi connectivity index (χ3v) is 8.87. The fourth-order valence-corrected chi connectivity index (χ4v) is 6.43. The molecule has 0 amide bonds. The van der Waals surface area contributed by atoms with Crippen molar-refractivity contribution in [2.45, 2.75) is 30.7 Å². The Kier molecular flexibility index (Phi) is 6.44. The summed E-state index contributed by atoms with van der Waals surface area (Å²) in [4.78, 5) is 4.77. The number of benzene rings is 2. The molecule has 2 aromatic carbocycles. The molecule has 0 bridgehead atoms. The van der Waals surface area contributed by atoms with Crippen molar-refractivity contribution in [3.05, 3.63) is 84.6 Å². The van der Waals surface area contributed by atoms with Crippen molar-refractivity contribution in [3.63, 3.8) is 0 Å². The Balaban J connectivity index is 1.53. The largest absolute Gasteiger partial charge is 0.479 e. The zero-order valence-corrected chi connectivity index (χ0v) is 22.5. The lowest BCUT2D eigenvalue weighted by atomic mass is 10.0. The topological polar surface area (TPSA) is 91.0 Å². The molecule has 6 rings (SSSR count). The first-order chi connectivity index (χ1) is 18.8. The lowest BCUT2D eigenvalue weighted by Gasteiger charge is -2.22. The van der Waals surface area contributed by atoms with E-state index in [2.05, 4.69) is 15.4 Å². The van der Waals surface area contributed by atoms with Crippen LogP contribution >= 0.6 is 0 Å². The Hall–Kier alpha value is -4.02. The Labute approximate surface area is 226 Å². The van der Waals surface area contributed by atoms with E-state index in [1.165, 1.54) is 22.3 Å². The van der Waals surface area contributed by atoms with E-state index in [1.807, 2.05) is 23.9 Å². The van der Waals surface area contributed by atoms with Crippen LogP contribution in [0.1, 0.15) is 24.4 Å². The van der Waals surface area contributed by atoms with Gasteiger partial charge in [0, 0.05) is 35.1 Å². The highest BCUT2D eigenvalue weighted by molar-refractivity contribution is 7.90. The molecule has 1 fully saturated rings. The number of pyridine rings is 1. The first kappa shape index (κ1) is 25.3. The first-order valence-corrected chi connectivity index (χ1v) is 14.2. The molecule has 5 aromatic rings. The fraction of sp³-hybridized carbons (Fsp3) is 0.241. The van der Waals surface area contributed by atoms with E-state index < -0.39 is 15.8 Å². The molecule has 0 saturated carbocycles. The number of aromatic nitrogens is 4. The van der Waals surface area contributed by atoms with Gasteiger partial charge >= 0.3 is 0 Å². The molecule has 0 unspecified atom stereocenters. The molecule has 0 radical (unpaired) electrons. The molecule has 1 saturated heterocycles. The molecule has 10 heteroatoms. The lowest BCUT2D eigenvalue weighted by Crippen LogP contribution is -2.29. The van der Waals surface area contributed by atoms with Crippen molar-refractivity contribution in [3.8, 4) is 28.1 Å². The second kappa shape index (κ2) is 9.94. The number of aryl methyl sites for hydroxylation is 1. The van der Waals surface area contributed by atoms with Crippen molar-refractivity contribution in [1.29, 1.82) is 0 Å². The van der Waals surface area contributed by atoms with E-state index >= 15 is 0 Å². The number of methoxy groups -OCH3 is 1. The number of halogens is 1. The number of piperidine rings is 1. The molecular formula is C29H28FN5O3S. The van der Waals surface area contributed by atoms with E-state index in [0.29, 0.717) is 22.4 Å². The van der Waals surface area contributed by atoms with Gasteiger partial charge < -0.3 is 10.1 Å². The van der Waals surface area contributed by atoms with Gasteiger partial charge in [-0.1, -0.05) is 29.8 Å². The van der Waals surface area contributed by atoms with Gasteiger partial charge in [0.1, 0.15) is 5.82 Å². The SMILES string of the molecule is COc1nn(C2CCNCC2)cc1-c1cnc2c(c1)c(-c1cccc(F)c1)cn2S(=O)(=O)c1ccc(C)cc1. The van der Waals surface area contributed by atoms with Crippen LogP contribution in [-0.4, -0.2) is 47.4 Å². The van der Waals surface area contributed by atoms with Crippen molar-refractivity contribution in [2.75, 3.05) is 20.2 Å². The summed E-state index contributed by atoms with van der Waals surface area (Å²) in [5.41, 5.74) is 3.79. The molecule has 1 aliphatic rings. The molecular weight excluding hydrogens is 517 g/mol. The van der Waals surface area contributed by atoms with Crippen LogP contribution < -0.4 is 10.1 Å². The van der Waals surface area contributed by atoms with Gasteiger partial charge in [-0.3, -0.25) is 4.68 Å². The summed E-state index contributed by atoms with van der Waals surface area (Å²) >= 11 is 0. The van der Waals surface area contributed by atoms with Gasteiger partial charge in [0.15, 0.2) is 5.65 Å². The average Bonchev–Trinajstić information content (AvgIpc) is 3.56. The highest BCUT2D eigenvalue weighted by atomic mass is 32.2. The standard InChI is InChI=1S/C29H28FN5O3S/c1-19-6-8-24(9-7-19)39(36,37)35-18-26(20-4-3-5-22(30)14-20)25-15-21(16-32-28(25)35)27-17-34(33-29(27)38-2)23-10-12-31-13-11-23/h3-9,14-18,23,31H,10-13H2,1-2H3. The minimum absolute atomic E-state index is 0.145. The summed E-state index contributed by atoms with van der Waals surface area (Å²) in [7, 11) is -2.39. The average molecular weight is 546 g/mol. The minimum Gasteiger partial charge on any atom is -0.479 e. The highest BCUT2D eigenvalue weighted by Crippen LogP contribution is 2.37. The first-order valence-electron chi connectivity index (χ1n) is 12.8. The summed E-state index contributed by atoms with van der Waals surface area (Å²) in [6.07, 6.45) is 7.03. The number of hydrogen-bond acceptors (Lipinski definition) is 6. The molecule has 200 valence electrons. The molecule has 0 aliphatic carbocycles. The third kappa shape index (κ3) is 4.59. The summed E-state index contributed by atoms with van der Waals surface area (Å²) in [5.74, 6) is 0.0533. The zero-order valence-electron chi connectivity index (χ0n) is 21.6. The second-order valence-corrected chi connectivity index (χ2v) is 11.6. The number of nitrogens with zero attached hydrogens (tertiary/aromatic N) is 4. The van der Waals surface area contributed by atoms with Crippen LogP contribution in [0.5, 0.6) is 5.88 Å². The van der Waals surface area contributed by atoms with E-state index in [0.717, 1.165) is 42.6 Å². The number of ether oxygens (including phenoxy) is 1. The molecule has 0 spiro atoms. The smallest absolute Gasteiger partial charge is 0.269 e. The van der Waals surface area contributed by atoms with Crippen LogP contribution in [-0.2, 0) is 10.0 Å². The predicted octanol–water partition coefficient (Wildman–Crippen LogP) is 5.18. The van der Waals surface area contributed by atoms with Crippen LogP contribution in [0.25, 0.3) is 33.3 Å². The Morgan fingerprint density at radius 2 is 1.77 bits per heavy atom. The molecule has 4 heterocycles. The Bertz CT molecular complexity index is 1770. The van der Waals surface area contributed by atoms with Crippen LogP contribution in [0.3, 0.4) is 0 Å². The van der Waals surface area contributed by atoms with Crippen LogP contribution in [0.2, 0.25) is 0 Å². The summed E-state index contributed by atoms with van der Waals surface area (Å²) < 4.78 is 50.4. The Morgan fingerprint density at radius 3 is 2.49 bits per heavy atom. The van der Waals surface area contributed by atoms with Crippen LogP contribution in [0.4, 0.5) is 4.39 Å². The number of rotatable bonds is 6. The third-order valence-electron chi connectivity index (χ3n) is 7.21. The molecule has 8 nitrogen and oxygen atoms in total. The number of hydrogen-bond donors (Lipinski definition) is 1. The minimum atomic E-state index is -3.97. The maximum absolute atomic E-state index is 14.2. The maximum atomic E-state index is 14.2. The molecule has 1 aliphatic heterocycles. The number of fused-ring (bicyclic) bond motifs is 1. The Morgan fingerprint density at radius 1 is 1.00 bits per heavy atom. The zero-order chi connectivity index (χ0) is 27.1. The van der Waals surface area contributed by atoms with Crippen molar-refractivity contribution < 1.29 is 17.5 Å². The van der Waals surface area contributed by atoms with Gasteiger partial charge in [0.25, 0.3) is 10.0 Å². The molecule has 1 N–H and O–H groups in total.